The molecular weight excluding hydrogens is 435 g/mol. The molecule has 7 N–H and O–H groups in total. The summed E-state index contributed by atoms with van der Waals surface area (Å²) < 4.78 is 19.3. The molecule has 1 amide bonds. The van der Waals surface area contributed by atoms with Crippen molar-refractivity contribution in [3.05, 3.63) is 23.4 Å². The Morgan fingerprint density at radius 1 is 1.30 bits per heavy atom. The van der Waals surface area contributed by atoms with E-state index in [1.807, 2.05) is 13.0 Å². The maximum absolute atomic E-state index is 13.5. The van der Waals surface area contributed by atoms with Gasteiger partial charge in [0.15, 0.2) is 12.5 Å². The largest absolute Gasteiger partial charge is 0.367 e. The predicted octanol–water partition coefficient (Wildman–Crippen LogP) is -1.58. The number of piperazine rings is 1. The fourth-order valence-electron chi connectivity index (χ4n) is 4.28. The molecule has 0 aliphatic carbocycles. The number of nitrogens with one attached hydrogen (secondary N) is 5. The molecule has 1 aromatic heterocycles. The molecule has 182 valence electrons. The van der Waals surface area contributed by atoms with Crippen molar-refractivity contribution in [3.63, 3.8) is 0 Å². The molecule has 1 aromatic rings. The van der Waals surface area contributed by atoms with Crippen molar-refractivity contribution in [2.24, 2.45) is 16.8 Å². The molecule has 4 rings (SSSR count). The standard InChI is InChI=1S/C19H31FN10O3/c1-11-26-27-19(33-11)30-6-4-29(5-7-30)14-2-3-22-10-13(14)25-18(31)15(16(21)28-32)17-23-8-12(20)9-24-17/h2-3,10-12,15-17,19,23-24,26-27H,4-9,21H2,1H3,(H,25,31). The van der Waals surface area contributed by atoms with Crippen LogP contribution in [0.3, 0.4) is 0 Å². The number of rotatable bonds is 7. The number of pyridine rings is 1. The number of hydrogen-bond acceptors (Lipinski definition) is 12. The Hall–Kier alpha value is -2.33. The fourth-order valence-corrected chi connectivity index (χ4v) is 4.28. The van der Waals surface area contributed by atoms with E-state index in [4.69, 9.17) is 10.5 Å². The number of carbonyl (C=O) groups is 1. The van der Waals surface area contributed by atoms with Crippen molar-refractivity contribution in [3.8, 4) is 0 Å². The average molecular weight is 467 g/mol. The zero-order chi connectivity index (χ0) is 23.4. The Kier molecular flexibility index (Phi) is 7.75. The molecular formula is C19H31FN10O3. The zero-order valence-electron chi connectivity index (χ0n) is 18.4. The maximum Gasteiger partial charge on any atom is 0.234 e. The van der Waals surface area contributed by atoms with Crippen LogP contribution in [0.15, 0.2) is 23.6 Å². The van der Waals surface area contributed by atoms with E-state index in [1.54, 1.807) is 12.4 Å². The zero-order valence-corrected chi connectivity index (χ0v) is 18.4. The number of nitroso groups, excluding NO2 is 1. The first-order valence-electron chi connectivity index (χ1n) is 11.1. The number of alkyl halides is 1. The summed E-state index contributed by atoms with van der Waals surface area (Å²) in [4.78, 5) is 32.8. The number of aromatic nitrogens is 1. The van der Waals surface area contributed by atoms with Gasteiger partial charge < -0.3 is 20.7 Å². The van der Waals surface area contributed by atoms with Gasteiger partial charge in [0.05, 0.1) is 23.7 Å². The van der Waals surface area contributed by atoms with Gasteiger partial charge in [0.1, 0.15) is 18.3 Å². The first-order chi connectivity index (χ1) is 16.0. The van der Waals surface area contributed by atoms with Crippen LogP contribution >= 0.6 is 0 Å². The van der Waals surface area contributed by atoms with E-state index in [0.29, 0.717) is 18.8 Å². The average Bonchev–Trinajstić information content (AvgIpc) is 3.27. The van der Waals surface area contributed by atoms with Crippen LogP contribution in [0.2, 0.25) is 0 Å². The number of nitrogens with two attached hydrogens (primary N) is 1. The fraction of sp³-hybridized carbons (Fsp3) is 0.684. The topological polar surface area (TPSA) is 161 Å². The Morgan fingerprint density at radius 2 is 2.03 bits per heavy atom. The van der Waals surface area contributed by atoms with Crippen molar-refractivity contribution >= 4 is 17.3 Å². The minimum atomic E-state index is -1.30. The summed E-state index contributed by atoms with van der Waals surface area (Å²) in [5.41, 5.74) is 13.3. The third kappa shape index (κ3) is 5.60. The number of amides is 1. The molecule has 33 heavy (non-hydrogen) atoms. The Bertz CT molecular complexity index is 819. The molecule has 4 atom stereocenters. The van der Waals surface area contributed by atoms with E-state index in [-0.39, 0.29) is 25.7 Å². The van der Waals surface area contributed by atoms with E-state index in [0.717, 1.165) is 18.8 Å². The van der Waals surface area contributed by atoms with Gasteiger partial charge in [-0.1, -0.05) is 5.18 Å². The first-order valence-corrected chi connectivity index (χ1v) is 11.1. The van der Waals surface area contributed by atoms with Crippen LogP contribution in [0, 0.1) is 10.8 Å². The minimum Gasteiger partial charge on any atom is -0.367 e. The van der Waals surface area contributed by atoms with Gasteiger partial charge in [0.25, 0.3) is 0 Å². The lowest BCUT2D eigenvalue weighted by molar-refractivity contribution is -0.122. The number of hydrogen-bond donors (Lipinski definition) is 6. The SMILES string of the molecule is CC1NNC(N2CCN(c3ccncc3NC(=O)C(C(N)N=O)C3NCC(F)CN3)CC2)O1. The molecule has 4 heterocycles. The smallest absolute Gasteiger partial charge is 0.234 e. The summed E-state index contributed by atoms with van der Waals surface area (Å²) in [7, 11) is 0. The summed E-state index contributed by atoms with van der Waals surface area (Å²) in [6.07, 6.45) is -0.0866. The number of carbonyl (C=O) groups excluding carboxylic acids is 1. The minimum absolute atomic E-state index is 0.0563. The highest BCUT2D eigenvalue weighted by Crippen LogP contribution is 2.27. The summed E-state index contributed by atoms with van der Waals surface area (Å²) in [6.45, 7) is 4.99. The molecule has 0 radical (unpaired) electrons. The number of anilines is 2. The third-order valence-corrected chi connectivity index (χ3v) is 6.06. The van der Waals surface area contributed by atoms with Crippen molar-refractivity contribution in [1.82, 2.24) is 31.4 Å². The second-order valence-corrected chi connectivity index (χ2v) is 8.34. The monoisotopic (exact) mass is 466 g/mol. The molecule has 3 fully saturated rings. The van der Waals surface area contributed by atoms with Crippen LogP contribution < -0.4 is 37.4 Å². The highest BCUT2D eigenvalue weighted by Gasteiger charge is 2.37. The van der Waals surface area contributed by atoms with Crippen LogP contribution in [0.25, 0.3) is 0 Å². The summed E-state index contributed by atoms with van der Waals surface area (Å²) >= 11 is 0. The highest BCUT2D eigenvalue weighted by molar-refractivity contribution is 5.96. The highest BCUT2D eigenvalue weighted by atomic mass is 19.1. The number of halogens is 1. The molecule has 0 aromatic carbocycles. The van der Waals surface area contributed by atoms with Crippen LogP contribution in [-0.2, 0) is 9.53 Å². The Labute approximate surface area is 190 Å². The lowest BCUT2D eigenvalue weighted by Crippen LogP contribution is -2.62. The quantitative estimate of drug-likeness (QED) is 0.257. The number of hydrazine groups is 1. The Balaban J connectivity index is 1.42. The van der Waals surface area contributed by atoms with Gasteiger partial charge in [-0.25, -0.2) is 15.2 Å². The summed E-state index contributed by atoms with van der Waals surface area (Å²) in [5, 5.41) is 11.5. The van der Waals surface area contributed by atoms with Gasteiger partial charge in [-0.2, -0.15) is 0 Å². The lowest BCUT2D eigenvalue weighted by atomic mass is 9.99. The van der Waals surface area contributed by atoms with Gasteiger partial charge >= 0.3 is 0 Å². The van der Waals surface area contributed by atoms with E-state index >= 15 is 0 Å². The van der Waals surface area contributed by atoms with Crippen LogP contribution in [-0.4, -0.2) is 86.1 Å². The van der Waals surface area contributed by atoms with Crippen LogP contribution in [0.4, 0.5) is 15.8 Å². The number of nitrogens with zero attached hydrogens (tertiary/aromatic N) is 4. The predicted molar refractivity (Wildman–Crippen MR) is 119 cm³/mol. The van der Waals surface area contributed by atoms with Crippen LogP contribution in [0.1, 0.15) is 6.92 Å². The van der Waals surface area contributed by atoms with Gasteiger partial charge in [-0.3, -0.25) is 25.3 Å². The van der Waals surface area contributed by atoms with Gasteiger partial charge in [0, 0.05) is 45.5 Å². The molecule has 0 spiro atoms. The van der Waals surface area contributed by atoms with Gasteiger partial charge in [0.2, 0.25) is 5.91 Å². The number of ether oxygens (including phenoxy) is 1. The van der Waals surface area contributed by atoms with Crippen molar-refractivity contribution in [2.75, 3.05) is 49.5 Å². The normalized spacial score (nSPS) is 30.6. The molecule has 4 unspecified atom stereocenters. The molecule has 0 bridgehead atoms. The van der Waals surface area contributed by atoms with Gasteiger partial charge in [-0.15, -0.1) is 4.91 Å². The molecule has 14 heteroatoms. The van der Waals surface area contributed by atoms with Crippen LogP contribution in [0.5, 0.6) is 0 Å². The second-order valence-electron chi connectivity index (χ2n) is 8.34. The summed E-state index contributed by atoms with van der Waals surface area (Å²) in [6, 6.07) is 1.83. The molecule has 0 saturated carbocycles. The van der Waals surface area contributed by atoms with E-state index in [9.17, 15) is 14.1 Å². The second kappa shape index (κ2) is 10.7. The van der Waals surface area contributed by atoms with E-state index in [2.05, 4.69) is 46.8 Å². The van der Waals surface area contributed by atoms with E-state index in [1.165, 1.54) is 0 Å². The van der Waals surface area contributed by atoms with Crippen molar-refractivity contribution in [2.45, 2.75) is 38.0 Å². The lowest BCUT2D eigenvalue weighted by Gasteiger charge is -2.39. The van der Waals surface area contributed by atoms with Crippen molar-refractivity contribution in [1.29, 1.82) is 0 Å². The van der Waals surface area contributed by atoms with Crippen molar-refractivity contribution < 1.29 is 13.9 Å². The molecule has 3 aliphatic rings. The summed E-state index contributed by atoms with van der Waals surface area (Å²) in [5.74, 6) is -1.53. The molecule has 3 aliphatic heterocycles. The molecule has 3 saturated heterocycles. The van der Waals surface area contributed by atoms with Gasteiger partial charge in [-0.05, 0) is 13.0 Å². The first kappa shape index (κ1) is 23.8. The third-order valence-electron chi connectivity index (χ3n) is 6.06. The Morgan fingerprint density at radius 3 is 2.67 bits per heavy atom. The van der Waals surface area contributed by atoms with E-state index < -0.39 is 30.3 Å². The maximum atomic E-state index is 13.5. The molecule has 13 nitrogen and oxygen atoms in total.